The van der Waals surface area contributed by atoms with Crippen LogP contribution in [0.3, 0.4) is 0 Å². The zero-order valence-corrected chi connectivity index (χ0v) is 14.7. The second-order valence-electron chi connectivity index (χ2n) is 5.45. The Bertz CT molecular complexity index is 467. The van der Waals surface area contributed by atoms with Crippen molar-refractivity contribution in [3.8, 4) is 0 Å². The van der Waals surface area contributed by atoms with Gasteiger partial charge in [-0.3, -0.25) is 4.79 Å². The summed E-state index contributed by atoms with van der Waals surface area (Å²) in [5.41, 5.74) is 2.49. The molecule has 1 atom stereocenters. The van der Waals surface area contributed by atoms with Gasteiger partial charge in [0.15, 0.2) is 0 Å². The number of carbonyl (C=O) groups is 1. The number of halogens is 1. The topological polar surface area (TPSA) is 50.8 Å². The molecule has 1 fully saturated rings. The first-order valence-corrected chi connectivity index (χ1v) is 7.92. The molecular weight excluding hydrogens is 316 g/mol. The summed E-state index contributed by atoms with van der Waals surface area (Å²) in [5.74, 6) is 0.0437. The third-order valence-corrected chi connectivity index (χ3v) is 3.99. The third-order valence-electron chi connectivity index (χ3n) is 3.99. The first-order chi connectivity index (χ1) is 10.8. The van der Waals surface area contributed by atoms with Crippen molar-refractivity contribution in [1.29, 1.82) is 0 Å². The molecule has 1 unspecified atom stereocenters. The van der Waals surface area contributed by atoms with Crippen LogP contribution in [-0.4, -0.2) is 57.4 Å². The molecule has 1 amide bonds. The van der Waals surface area contributed by atoms with Crippen molar-refractivity contribution in [1.82, 2.24) is 10.2 Å². The number of hydrogen-bond acceptors (Lipinski definition) is 4. The normalized spacial score (nSPS) is 17.7. The molecule has 1 aromatic rings. The number of piperazine rings is 1. The second-order valence-corrected chi connectivity index (χ2v) is 5.45. The molecule has 1 aliphatic heterocycles. The molecule has 23 heavy (non-hydrogen) atoms. The summed E-state index contributed by atoms with van der Waals surface area (Å²) in [6.07, 6.45) is 1.03. The highest BCUT2D eigenvalue weighted by atomic mass is 35.5. The number of hydrogen-bond donors (Lipinski definition) is 1. The van der Waals surface area contributed by atoms with Gasteiger partial charge >= 0.3 is 0 Å². The molecule has 5 nitrogen and oxygen atoms in total. The van der Waals surface area contributed by atoms with Crippen LogP contribution in [0.2, 0.25) is 0 Å². The van der Waals surface area contributed by atoms with Crippen LogP contribution in [0, 0.1) is 0 Å². The molecule has 6 heteroatoms. The maximum atomic E-state index is 12.4. The molecule has 0 aliphatic carbocycles. The minimum absolute atomic E-state index is 0. The molecular formula is C17H27ClN2O3. The molecule has 1 N–H and O–H groups in total. The number of aryl methyl sites for hydroxylation is 1. The predicted octanol–water partition coefficient (Wildman–Crippen LogP) is 1.81. The largest absolute Gasteiger partial charge is 0.382 e. The van der Waals surface area contributed by atoms with E-state index in [4.69, 9.17) is 9.47 Å². The van der Waals surface area contributed by atoms with E-state index in [2.05, 4.69) is 36.5 Å². The Labute approximate surface area is 144 Å². The Balaban J connectivity index is 0.00000264. The number of nitrogens with zero attached hydrogens (tertiary/aromatic N) is 1. The Morgan fingerprint density at radius 3 is 2.70 bits per heavy atom. The van der Waals surface area contributed by atoms with E-state index in [-0.39, 0.29) is 31.0 Å². The molecule has 0 bridgehead atoms. The van der Waals surface area contributed by atoms with E-state index in [1.165, 1.54) is 11.1 Å². The van der Waals surface area contributed by atoms with Crippen LogP contribution in [0.1, 0.15) is 24.1 Å². The van der Waals surface area contributed by atoms with Gasteiger partial charge in [-0.15, -0.1) is 12.4 Å². The van der Waals surface area contributed by atoms with Crippen LogP contribution in [0.4, 0.5) is 0 Å². The van der Waals surface area contributed by atoms with E-state index in [0.29, 0.717) is 19.8 Å². The van der Waals surface area contributed by atoms with E-state index in [1.54, 1.807) is 7.11 Å². The Morgan fingerprint density at radius 2 is 2.04 bits per heavy atom. The zero-order chi connectivity index (χ0) is 15.8. The lowest BCUT2D eigenvalue weighted by atomic mass is 10.0. The molecule has 130 valence electrons. The molecule has 1 aromatic carbocycles. The Morgan fingerprint density at radius 1 is 1.30 bits per heavy atom. The van der Waals surface area contributed by atoms with E-state index >= 15 is 0 Å². The van der Waals surface area contributed by atoms with Gasteiger partial charge in [-0.25, -0.2) is 0 Å². The van der Waals surface area contributed by atoms with Gasteiger partial charge in [0.2, 0.25) is 5.91 Å². The molecule has 1 aliphatic rings. The number of rotatable bonds is 7. The molecule has 1 saturated heterocycles. The van der Waals surface area contributed by atoms with Crippen molar-refractivity contribution in [2.75, 3.05) is 46.6 Å². The number of ether oxygens (including phenoxy) is 2. The summed E-state index contributed by atoms with van der Waals surface area (Å²) in [6, 6.07) is 8.62. The van der Waals surface area contributed by atoms with Crippen LogP contribution >= 0.6 is 12.4 Å². The molecule has 0 saturated carbocycles. The molecule has 0 radical (unpaired) electrons. The zero-order valence-electron chi connectivity index (χ0n) is 13.9. The van der Waals surface area contributed by atoms with Crippen molar-refractivity contribution in [3.05, 3.63) is 35.4 Å². The smallest absolute Gasteiger partial charge is 0.249 e. The van der Waals surface area contributed by atoms with Crippen LogP contribution in [-0.2, 0) is 20.7 Å². The fourth-order valence-corrected chi connectivity index (χ4v) is 2.66. The van der Waals surface area contributed by atoms with Crippen LogP contribution in [0.15, 0.2) is 24.3 Å². The fraction of sp³-hybridized carbons (Fsp3) is 0.588. The summed E-state index contributed by atoms with van der Waals surface area (Å²) in [7, 11) is 1.62. The van der Waals surface area contributed by atoms with Crippen LogP contribution in [0.5, 0.6) is 0 Å². The summed E-state index contributed by atoms with van der Waals surface area (Å²) >= 11 is 0. The standard InChI is InChI=1S/C17H26N2O3.ClH/c1-3-14-4-6-15(7-5-14)16-12-18-8-9-19(16)17(20)13-22-11-10-21-2;/h4-7,16,18H,3,8-13H2,1-2H3;1H. The van der Waals surface area contributed by atoms with Gasteiger partial charge < -0.3 is 19.7 Å². The van der Waals surface area contributed by atoms with Crippen molar-refractivity contribution < 1.29 is 14.3 Å². The highest BCUT2D eigenvalue weighted by molar-refractivity contribution is 5.85. The summed E-state index contributed by atoms with van der Waals surface area (Å²) in [4.78, 5) is 14.3. The second kappa shape index (κ2) is 10.6. The van der Waals surface area contributed by atoms with Gasteiger partial charge in [0.25, 0.3) is 0 Å². The van der Waals surface area contributed by atoms with Gasteiger partial charge in [-0.1, -0.05) is 31.2 Å². The Kier molecular flexibility index (Phi) is 9.17. The van der Waals surface area contributed by atoms with Gasteiger partial charge in [0.05, 0.1) is 19.3 Å². The Hall–Kier alpha value is -1.14. The summed E-state index contributed by atoms with van der Waals surface area (Å²) in [6.45, 7) is 5.55. The predicted molar refractivity (Wildman–Crippen MR) is 93.1 cm³/mol. The SMILES string of the molecule is CCc1ccc(C2CNCCN2C(=O)COCCOC)cc1.Cl. The van der Waals surface area contributed by atoms with Gasteiger partial charge in [0.1, 0.15) is 6.61 Å². The van der Waals surface area contributed by atoms with E-state index in [9.17, 15) is 4.79 Å². The number of methoxy groups -OCH3 is 1. The van der Waals surface area contributed by atoms with Gasteiger partial charge in [-0.05, 0) is 17.5 Å². The molecule has 1 heterocycles. The minimum Gasteiger partial charge on any atom is -0.382 e. The third kappa shape index (κ3) is 5.77. The minimum atomic E-state index is 0. The quantitative estimate of drug-likeness (QED) is 0.768. The highest BCUT2D eigenvalue weighted by Gasteiger charge is 2.27. The van der Waals surface area contributed by atoms with Crippen molar-refractivity contribution in [3.63, 3.8) is 0 Å². The van der Waals surface area contributed by atoms with Crippen LogP contribution in [0.25, 0.3) is 0 Å². The molecule has 0 aromatic heterocycles. The molecule has 0 spiro atoms. The van der Waals surface area contributed by atoms with Crippen molar-refractivity contribution >= 4 is 18.3 Å². The fourth-order valence-electron chi connectivity index (χ4n) is 2.66. The highest BCUT2D eigenvalue weighted by Crippen LogP contribution is 2.23. The first kappa shape index (κ1) is 19.9. The maximum absolute atomic E-state index is 12.4. The lowest BCUT2D eigenvalue weighted by Gasteiger charge is -2.36. The summed E-state index contributed by atoms with van der Waals surface area (Å²) < 4.78 is 10.3. The average molecular weight is 343 g/mol. The number of carbonyl (C=O) groups excluding carboxylic acids is 1. The number of benzene rings is 1. The maximum Gasteiger partial charge on any atom is 0.249 e. The summed E-state index contributed by atoms with van der Waals surface area (Å²) in [5, 5.41) is 3.37. The monoisotopic (exact) mass is 342 g/mol. The van der Waals surface area contributed by atoms with E-state index in [1.807, 2.05) is 4.90 Å². The number of nitrogens with one attached hydrogen (secondary N) is 1. The van der Waals surface area contributed by atoms with Gasteiger partial charge in [-0.2, -0.15) is 0 Å². The van der Waals surface area contributed by atoms with E-state index < -0.39 is 0 Å². The lowest BCUT2D eigenvalue weighted by molar-refractivity contribution is -0.140. The first-order valence-electron chi connectivity index (χ1n) is 7.92. The average Bonchev–Trinajstić information content (AvgIpc) is 2.58. The van der Waals surface area contributed by atoms with Crippen molar-refractivity contribution in [2.45, 2.75) is 19.4 Å². The van der Waals surface area contributed by atoms with Crippen molar-refractivity contribution in [2.24, 2.45) is 0 Å². The van der Waals surface area contributed by atoms with Gasteiger partial charge in [0, 0.05) is 26.7 Å². The number of amides is 1. The lowest BCUT2D eigenvalue weighted by Crippen LogP contribution is -2.49. The van der Waals surface area contributed by atoms with E-state index in [0.717, 1.165) is 19.5 Å². The molecule has 2 rings (SSSR count). The van der Waals surface area contributed by atoms with Crippen LogP contribution < -0.4 is 5.32 Å².